The minimum absolute atomic E-state index is 0.0514. The highest BCUT2D eigenvalue weighted by atomic mass is 35.5. The monoisotopic (exact) mass is 368 g/mol. The van der Waals surface area contributed by atoms with Crippen molar-refractivity contribution >= 4 is 17.5 Å². The summed E-state index contributed by atoms with van der Waals surface area (Å²) in [6, 6.07) is 5.69. The number of aryl methyl sites for hydroxylation is 1. The lowest BCUT2D eigenvalue weighted by molar-refractivity contribution is -0.124. The van der Waals surface area contributed by atoms with Crippen LogP contribution in [0.1, 0.15) is 11.5 Å². The maximum Gasteiger partial charge on any atom is 0.258 e. The Balaban J connectivity index is 1.50. The molecule has 1 aliphatic heterocycles. The van der Waals surface area contributed by atoms with E-state index in [9.17, 15) is 9.18 Å². The lowest BCUT2D eigenvalue weighted by Gasteiger charge is -2.18. The smallest absolute Gasteiger partial charge is 0.258 e. The van der Waals surface area contributed by atoms with Crippen LogP contribution in [0.25, 0.3) is 0 Å². The number of halogens is 2. The molecule has 1 saturated heterocycles. The largest absolute Gasteiger partial charge is 0.484 e. The molecule has 134 valence electrons. The van der Waals surface area contributed by atoms with Crippen LogP contribution in [0.4, 0.5) is 4.39 Å². The van der Waals surface area contributed by atoms with Gasteiger partial charge in [0.15, 0.2) is 6.61 Å². The summed E-state index contributed by atoms with van der Waals surface area (Å²) in [7, 11) is 0. The van der Waals surface area contributed by atoms with Crippen molar-refractivity contribution < 1.29 is 23.2 Å². The van der Waals surface area contributed by atoms with Gasteiger partial charge in [-0.25, -0.2) is 4.39 Å². The Morgan fingerprint density at radius 2 is 2.28 bits per heavy atom. The predicted molar refractivity (Wildman–Crippen MR) is 88.1 cm³/mol. The van der Waals surface area contributed by atoms with E-state index in [0.29, 0.717) is 25.4 Å². The van der Waals surface area contributed by atoms with Crippen LogP contribution in [0.3, 0.4) is 0 Å². The second-order valence-electron chi connectivity index (χ2n) is 5.97. The van der Waals surface area contributed by atoms with Gasteiger partial charge in [0.25, 0.3) is 5.91 Å². The predicted octanol–water partition coefficient (Wildman–Crippen LogP) is 2.53. The molecule has 0 saturated carbocycles. The van der Waals surface area contributed by atoms with Crippen LogP contribution in [0.15, 0.2) is 28.8 Å². The van der Waals surface area contributed by atoms with Crippen molar-refractivity contribution in [3.05, 3.63) is 46.6 Å². The number of aromatic nitrogens is 1. The Hall–Kier alpha value is -2.12. The zero-order valence-corrected chi connectivity index (χ0v) is 14.4. The van der Waals surface area contributed by atoms with E-state index < -0.39 is 5.82 Å². The second kappa shape index (κ2) is 7.84. The average Bonchev–Trinajstić information content (AvgIpc) is 3.18. The van der Waals surface area contributed by atoms with Crippen LogP contribution in [0, 0.1) is 18.7 Å². The van der Waals surface area contributed by atoms with Crippen LogP contribution in [0.5, 0.6) is 5.75 Å². The number of rotatable bonds is 6. The van der Waals surface area contributed by atoms with Gasteiger partial charge in [0.05, 0.1) is 30.0 Å². The fourth-order valence-electron chi connectivity index (χ4n) is 2.69. The van der Waals surface area contributed by atoms with Gasteiger partial charge in [0.2, 0.25) is 0 Å². The first-order chi connectivity index (χ1) is 12.0. The molecule has 0 radical (unpaired) electrons. The molecule has 1 aromatic carbocycles. The van der Waals surface area contributed by atoms with Gasteiger partial charge in [0.1, 0.15) is 17.3 Å². The molecule has 8 heteroatoms. The summed E-state index contributed by atoms with van der Waals surface area (Å²) in [5.41, 5.74) is 0.820. The third-order valence-electron chi connectivity index (χ3n) is 3.95. The minimum Gasteiger partial charge on any atom is -0.484 e. The van der Waals surface area contributed by atoms with Crippen molar-refractivity contribution in [1.29, 1.82) is 0 Å². The number of amides is 1. The number of carbonyl (C=O) groups excluding carboxylic acids is 1. The van der Waals surface area contributed by atoms with Gasteiger partial charge >= 0.3 is 0 Å². The third kappa shape index (κ3) is 4.70. The summed E-state index contributed by atoms with van der Waals surface area (Å²) in [5.74, 6) is 0.390. The van der Waals surface area contributed by atoms with E-state index in [0.717, 1.165) is 11.5 Å². The van der Waals surface area contributed by atoms with E-state index in [-0.39, 0.29) is 29.5 Å². The molecule has 0 spiro atoms. The van der Waals surface area contributed by atoms with Crippen LogP contribution < -0.4 is 10.1 Å². The molecule has 25 heavy (non-hydrogen) atoms. The lowest BCUT2D eigenvalue weighted by atomic mass is 9.98. The van der Waals surface area contributed by atoms with Gasteiger partial charge in [-0.3, -0.25) is 4.79 Å². The van der Waals surface area contributed by atoms with E-state index in [1.54, 1.807) is 0 Å². The fraction of sp³-hybridized carbons (Fsp3) is 0.412. The summed E-state index contributed by atoms with van der Waals surface area (Å²) >= 11 is 5.68. The highest BCUT2D eigenvalue weighted by Crippen LogP contribution is 2.22. The Morgan fingerprint density at radius 1 is 1.44 bits per heavy atom. The molecule has 1 aromatic heterocycles. The average molecular weight is 369 g/mol. The molecular weight excluding hydrogens is 351 g/mol. The molecule has 1 fully saturated rings. The quantitative estimate of drug-likeness (QED) is 0.848. The number of ether oxygens (including phenoxy) is 2. The number of nitrogens with one attached hydrogen (secondary N) is 1. The Morgan fingerprint density at radius 3 is 3.00 bits per heavy atom. The molecule has 1 amide bonds. The van der Waals surface area contributed by atoms with Crippen LogP contribution in [-0.4, -0.2) is 36.9 Å². The van der Waals surface area contributed by atoms with Crippen molar-refractivity contribution in [3.63, 3.8) is 0 Å². The fourth-order valence-corrected chi connectivity index (χ4v) is 2.86. The molecule has 3 rings (SSSR count). The number of benzene rings is 1. The molecular formula is C17H18ClFN2O4. The standard InChI is InChI=1S/C17H18ClFN2O4/c1-10-4-13(25-21-10)5-11-7-23-8-16(11)20-17(22)9-24-12-2-3-15(19)14(18)6-12/h2-4,6,11,16H,5,7-9H2,1H3,(H,20,22)/t11-,16+/m1/s1. The first kappa shape index (κ1) is 17.7. The minimum atomic E-state index is -0.535. The van der Waals surface area contributed by atoms with Crippen molar-refractivity contribution in [3.8, 4) is 5.75 Å². The van der Waals surface area contributed by atoms with E-state index in [1.165, 1.54) is 18.2 Å². The Kier molecular flexibility index (Phi) is 5.55. The first-order valence-electron chi connectivity index (χ1n) is 7.88. The van der Waals surface area contributed by atoms with Gasteiger partial charge in [-0.15, -0.1) is 0 Å². The summed E-state index contributed by atoms with van der Waals surface area (Å²) in [6.07, 6.45) is 0.639. The summed E-state index contributed by atoms with van der Waals surface area (Å²) in [6.45, 7) is 2.65. The number of hydrogen-bond acceptors (Lipinski definition) is 5. The van der Waals surface area contributed by atoms with Gasteiger partial charge in [0, 0.05) is 24.5 Å². The third-order valence-corrected chi connectivity index (χ3v) is 4.24. The Labute approximate surface area is 149 Å². The summed E-state index contributed by atoms with van der Waals surface area (Å²) in [5, 5.41) is 6.70. The van der Waals surface area contributed by atoms with Gasteiger partial charge in [-0.1, -0.05) is 16.8 Å². The molecule has 2 atom stereocenters. The molecule has 6 nitrogen and oxygen atoms in total. The van der Waals surface area contributed by atoms with Gasteiger partial charge < -0.3 is 19.3 Å². The van der Waals surface area contributed by atoms with Crippen LogP contribution >= 0.6 is 11.6 Å². The van der Waals surface area contributed by atoms with Gasteiger partial charge in [-0.2, -0.15) is 0 Å². The van der Waals surface area contributed by atoms with Crippen molar-refractivity contribution in [1.82, 2.24) is 10.5 Å². The van der Waals surface area contributed by atoms with Gasteiger partial charge in [-0.05, 0) is 19.1 Å². The molecule has 1 N–H and O–H groups in total. The van der Waals surface area contributed by atoms with E-state index in [2.05, 4.69) is 10.5 Å². The molecule has 0 aliphatic carbocycles. The number of hydrogen-bond donors (Lipinski definition) is 1. The molecule has 2 aromatic rings. The normalized spacial score (nSPS) is 19.8. The molecule has 1 aliphatic rings. The van der Waals surface area contributed by atoms with Crippen LogP contribution in [0.2, 0.25) is 5.02 Å². The molecule has 2 heterocycles. The summed E-state index contributed by atoms with van der Waals surface area (Å²) < 4.78 is 29.1. The molecule has 0 bridgehead atoms. The summed E-state index contributed by atoms with van der Waals surface area (Å²) in [4.78, 5) is 12.1. The first-order valence-corrected chi connectivity index (χ1v) is 8.26. The second-order valence-corrected chi connectivity index (χ2v) is 6.38. The van der Waals surface area contributed by atoms with E-state index >= 15 is 0 Å². The van der Waals surface area contributed by atoms with Crippen molar-refractivity contribution in [2.24, 2.45) is 5.92 Å². The SMILES string of the molecule is Cc1cc(C[C@@H]2COC[C@@H]2NC(=O)COc2ccc(F)c(Cl)c2)on1. The zero-order valence-electron chi connectivity index (χ0n) is 13.6. The zero-order chi connectivity index (χ0) is 17.8. The van der Waals surface area contributed by atoms with Crippen molar-refractivity contribution in [2.45, 2.75) is 19.4 Å². The molecule has 0 unspecified atom stereocenters. The lowest BCUT2D eigenvalue weighted by Crippen LogP contribution is -2.42. The maximum atomic E-state index is 13.1. The van der Waals surface area contributed by atoms with Crippen LogP contribution in [-0.2, 0) is 16.0 Å². The highest BCUT2D eigenvalue weighted by Gasteiger charge is 2.30. The topological polar surface area (TPSA) is 73.6 Å². The Bertz CT molecular complexity index is 752. The van der Waals surface area contributed by atoms with Crippen molar-refractivity contribution in [2.75, 3.05) is 19.8 Å². The van der Waals surface area contributed by atoms with E-state index in [4.69, 9.17) is 25.6 Å². The highest BCUT2D eigenvalue weighted by molar-refractivity contribution is 6.30. The van der Waals surface area contributed by atoms with E-state index in [1.807, 2.05) is 13.0 Å². The number of carbonyl (C=O) groups is 1. The number of nitrogens with zero attached hydrogens (tertiary/aromatic N) is 1. The maximum absolute atomic E-state index is 13.1.